The molecule has 3 aromatic carbocycles. The number of hydrogen-bond donors (Lipinski definition) is 1. The van der Waals surface area contributed by atoms with Crippen LogP contribution in [-0.2, 0) is 22.6 Å². The fourth-order valence-electron chi connectivity index (χ4n) is 4.19. The Labute approximate surface area is 211 Å². The molecule has 1 unspecified atom stereocenters. The van der Waals surface area contributed by atoms with E-state index in [2.05, 4.69) is 5.32 Å². The van der Waals surface area contributed by atoms with Crippen molar-refractivity contribution in [2.45, 2.75) is 26.0 Å². The van der Waals surface area contributed by atoms with Crippen LogP contribution < -0.4 is 14.8 Å². The zero-order valence-corrected chi connectivity index (χ0v) is 20.7. The summed E-state index contributed by atoms with van der Waals surface area (Å²) in [6, 6.07) is 23.7. The molecule has 2 amide bonds. The number of benzene rings is 3. The van der Waals surface area contributed by atoms with Gasteiger partial charge in [0.1, 0.15) is 18.1 Å². The van der Waals surface area contributed by atoms with Gasteiger partial charge < -0.3 is 19.5 Å². The summed E-state index contributed by atoms with van der Waals surface area (Å²) in [6.45, 7) is 2.33. The standard InChI is InChI=1S/C29H30N2O5/c1-20-26(28(32)36-19-22-11-15-25(35-3)16-12-22)27(23-7-5-4-6-8-23)30-29(33)31(20)18-17-21-9-13-24(34-2)14-10-21/h4-16,27H,17-19H2,1-3H3,(H,30,33). The van der Waals surface area contributed by atoms with Crippen LogP contribution in [0.3, 0.4) is 0 Å². The molecule has 0 saturated heterocycles. The van der Waals surface area contributed by atoms with Crippen molar-refractivity contribution in [2.24, 2.45) is 0 Å². The molecule has 0 spiro atoms. The Kier molecular flexibility index (Phi) is 7.90. The lowest BCUT2D eigenvalue weighted by molar-refractivity contribution is -0.141. The molecule has 0 saturated carbocycles. The van der Waals surface area contributed by atoms with Gasteiger partial charge in [-0.05, 0) is 54.3 Å². The minimum absolute atomic E-state index is 0.112. The Hall–Kier alpha value is -4.26. The van der Waals surface area contributed by atoms with Crippen LogP contribution in [0.4, 0.5) is 4.79 Å². The summed E-state index contributed by atoms with van der Waals surface area (Å²) >= 11 is 0. The Morgan fingerprint density at radius 1 is 0.861 bits per heavy atom. The van der Waals surface area contributed by atoms with E-state index >= 15 is 0 Å². The molecular weight excluding hydrogens is 456 g/mol. The average Bonchev–Trinajstić information content (AvgIpc) is 2.92. The number of rotatable bonds is 9. The van der Waals surface area contributed by atoms with Crippen LogP contribution in [0.5, 0.6) is 11.5 Å². The van der Waals surface area contributed by atoms with Gasteiger partial charge in [0.2, 0.25) is 0 Å². The third kappa shape index (κ3) is 5.68. The summed E-state index contributed by atoms with van der Waals surface area (Å²) in [7, 11) is 3.23. The van der Waals surface area contributed by atoms with E-state index in [4.69, 9.17) is 14.2 Å². The van der Waals surface area contributed by atoms with Gasteiger partial charge >= 0.3 is 12.0 Å². The maximum absolute atomic E-state index is 13.4. The van der Waals surface area contributed by atoms with Gasteiger partial charge in [0, 0.05) is 12.2 Å². The molecule has 3 aromatic rings. The molecule has 1 atom stereocenters. The predicted molar refractivity (Wildman–Crippen MR) is 137 cm³/mol. The van der Waals surface area contributed by atoms with Crippen LogP contribution in [0.1, 0.15) is 29.7 Å². The van der Waals surface area contributed by atoms with E-state index < -0.39 is 12.0 Å². The van der Waals surface area contributed by atoms with Crippen molar-refractivity contribution in [1.82, 2.24) is 10.2 Å². The highest BCUT2D eigenvalue weighted by atomic mass is 16.5. The van der Waals surface area contributed by atoms with E-state index in [1.807, 2.05) is 78.9 Å². The van der Waals surface area contributed by atoms with Gasteiger partial charge in [0.15, 0.2) is 0 Å². The third-order valence-electron chi connectivity index (χ3n) is 6.26. The second-order valence-corrected chi connectivity index (χ2v) is 8.47. The molecule has 186 valence electrons. The first-order chi connectivity index (χ1) is 17.5. The van der Waals surface area contributed by atoms with Crippen molar-refractivity contribution in [3.05, 3.63) is 107 Å². The van der Waals surface area contributed by atoms with Gasteiger partial charge in [-0.15, -0.1) is 0 Å². The summed E-state index contributed by atoms with van der Waals surface area (Å²) in [5, 5.41) is 3.00. The molecule has 7 heteroatoms. The molecule has 0 aliphatic carbocycles. The van der Waals surface area contributed by atoms with Gasteiger partial charge in [0.05, 0.1) is 25.8 Å². The van der Waals surface area contributed by atoms with E-state index in [0.717, 1.165) is 28.2 Å². The van der Waals surface area contributed by atoms with Crippen LogP contribution in [0.25, 0.3) is 0 Å². The molecule has 1 aliphatic heterocycles. The predicted octanol–water partition coefficient (Wildman–Crippen LogP) is 5.03. The van der Waals surface area contributed by atoms with Crippen LogP contribution in [0, 0.1) is 0 Å². The Bertz CT molecular complexity index is 1220. The first kappa shape index (κ1) is 24.9. The number of esters is 1. The number of methoxy groups -OCH3 is 2. The molecule has 0 radical (unpaired) electrons. The zero-order chi connectivity index (χ0) is 25.5. The van der Waals surface area contributed by atoms with Crippen LogP contribution in [0.2, 0.25) is 0 Å². The molecule has 7 nitrogen and oxygen atoms in total. The quantitative estimate of drug-likeness (QED) is 0.429. The number of carbonyl (C=O) groups is 2. The van der Waals surface area contributed by atoms with Gasteiger partial charge in [-0.25, -0.2) is 9.59 Å². The van der Waals surface area contributed by atoms with Crippen LogP contribution in [-0.4, -0.2) is 37.7 Å². The number of amides is 2. The van der Waals surface area contributed by atoms with Crippen molar-refractivity contribution in [1.29, 1.82) is 0 Å². The summed E-state index contributed by atoms with van der Waals surface area (Å²) in [6.07, 6.45) is 0.624. The van der Waals surface area contributed by atoms with E-state index in [9.17, 15) is 9.59 Å². The number of urea groups is 1. The number of carbonyl (C=O) groups excluding carboxylic acids is 2. The Morgan fingerprint density at radius 3 is 2.03 bits per heavy atom. The second-order valence-electron chi connectivity index (χ2n) is 8.47. The SMILES string of the molecule is COc1ccc(CCN2C(=O)NC(c3ccccc3)C(C(=O)OCc3ccc(OC)cc3)=C2C)cc1. The van der Waals surface area contributed by atoms with E-state index in [1.165, 1.54) is 0 Å². The van der Waals surface area contributed by atoms with Crippen LogP contribution in [0.15, 0.2) is 90.1 Å². The molecule has 36 heavy (non-hydrogen) atoms. The molecule has 1 N–H and O–H groups in total. The largest absolute Gasteiger partial charge is 0.497 e. The summed E-state index contributed by atoms with van der Waals surface area (Å²) in [5.74, 6) is 1.04. The van der Waals surface area contributed by atoms with Crippen molar-refractivity contribution < 1.29 is 23.8 Å². The maximum atomic E-state index is 13.4. The summed E-state index contributed by atoms with van der Waals surface area (Å²) in [5.41, 5.74) is 3.72. The lowest BCUT2D eigenvalue weighted by Gasteiger charge is -2.35. The average molecular weight is 487 g/mol. The van der Waals surface area contributed by atoms with E-state index in [1.54, 1.807) is 26.0 Å². The summed E-state index contributed by atoms with van der Waals surface area (Å²) in [4.78, 5) is 28.1. The first-order valence-corrected chi connectivity index (χ1v) is 11.8. The molecule has 0 aromatic heterocycles. The normalized spacial score (nSPS) is 15.4. The molecule has 1 aliphatic rings. The maximum Gasteiger partial charge on any atom is 0.338 e. The molecule has 0 fully saturated rings. The second kappa shape index (κ2) is 11.4. The Morgan fingerprint density at radius 2 is 1.44 bits per heavy atom. The fourth-order valence-corrected chi connectivity index (χ4v) is 4.19. The molecule has 0 bridgehead atoms. The lowest BCUT2D eigenvalue weighted by Crippen LogP contribution is -2.48. The topological polar surface area (TPSA) is 77.1 Å². The first-order valence-electron chi connectivity index (χ1n) is 11.8. The molecule has 1 heterocycles. The van der Waals surface area contributed by atoms with Gasteiger partial charge in [-0.3, -0.25) is 4.90 Å². The highest BCUT2D eigenvalue weighted by Gasteiger charge is 2.36. The van der Waals surface area contributed by atoms with Crippen molar-refractivity contribution in [2.75, 3.05) is 20.8 Å². The number of nitrogens with one attached hydrogen (secondary N) is 1. The number of nitrogens with zero attached hydrogens (tertiary/aromatic N) is 1. The highest BCUT2D eigenvalue weighted by molar-refractivity contribution is 5.95. The molecular formula is C29H30N2O5. The fraction of sp³-hybridized carbons (Fsp3) is 0.241. The highest BCUT2D eigenvalue weighted by Crippen LogP contribution is 2.31. The van der Waals surface area contributed by atoms with Gasteiger partial charge in [0.25, 0.3) is 0 Å². The van der Waals surface area contributed by atoms with E-state index in [0.29, 0.717) is 24.2 Å². The number of allylic oxidation sites excluding steroid dienone is 1. The minimum Gasteiger partial charge on any atom is -0.497 e. The van der Waals surface area contributed by atoms with Crippen molar-refractivity contribution in [3.63, 3.8) is 0 Å². The summed E-state index contributed by atoms with van der Waals surface area (Å²) < 4.78 is 16.1. The van der Waals surface area contributed by atoms with Crippen LogP contribution >= 0.6 is 0 Å². The number of ether oxygens (including phenoxy) is 3. The van der Waals surface area contributed by atoms with Crippen molar-refractivity contribution in [3.8, 4) is 11.5 Å². The molecule has 4 rings (SSSR count). The zero-order valence-electron chi connectivity index (χ0n) is 20.7. The minimum atomic E-state index is -0.598. The lowest BCUT2D eigenvalue weighted by atomic mass is 9.94. The smallest absolute Gasteiger partial charge is 0.338 e. The van der Waals surface area contributed by atoms with Gasteiger partial charge in [-0.1, -0.05) is 54.6 Å². The monoisotopic (exact) mass is 486 g/mol. The van der Waals surface area contributed by atoms with Crippen molar-refractivity contribution >= 4 is 12.0 Å². The van der Waals surface area contributed by atoms with Gasteiger partial charge in [-0.2, -0.15) is 0 Å². The number of hydrogen-bond acceptors (Lipinski definition) is 5. The van der Waals surface area contributed by atoms with E-state index in [-0.39, 0.29) is 12.6 Å². The third-order valence-corrected chi connectivity index (χ3v) is 6.26. The Balaban J connectivity index is 1.57.